The maximum atomic E-state index is 13.0. The molecular weight excluding hydrogens is 362 g/mol. The van der Waals surface area contributed by atoms with Gasteiger partial charge in [-0.2, -0.15) is 0 Å². The van der Waals surface area contributed by atoms with Crippen molar-refractivity contribution in [1.82, 2.24) is 10.3 Å². The molecule has 0 unspecified atom stereocenters. The minimum atomic E-state index is -0.208. The van der Waals surface area contributed by atoms with Crippen LogP contribution in [0.2, 0.25) is 0 Å². The van der Waals surface area contributed by atoms with Crippen molar-refractivity contribution >= 4 is 17.5 Å². The topological polar surface area (TPSA) is 62.3 Å². The van der Waals surface area contributed by atoms with Crippen LogP contribution in [-0.4, -0.2) is 29.9 Å². The first-order valence-corrected chi connectivity index (χ1v) is 10.4. The van der Waals surface area contributed by atoms with Crippen molar-refractivity contribution in [2.45, 2.75) is 46.0 Å². The van der Waals surface area contributed by atoms with E-state index in [2.05, 4.69) is 16.4 Å². The quantitative estimate of drug-likeness (QED) is 0.697. The zero-order valence-electron chi connectivity index (χ0n) is 17.3. The van der Waals surface area contributed by atoms with Gasteiger partial charge < -0.3 is 10.2 Å². The van der Waals surface area contributed by atoms with Crippen molar-refractivity contribution in [3.63, 3.8) is 0 Å². The van der Waals surface area contributed by atoms with E-state index in [1.807, 2.05) is 38.1 Å². The van der Waals surface area contributed by atoms with E-state index in [0.717, 1.165) is 30.5 Å². The summed E-state index contributed by atoms with van der Waals surface area (Å²) in [7, 11) is 0. The number of carbonyl (C=O) groups is 2. The second-order valence-electron chi connectivity index (χ2n) is 7.43. The van der Waals surface area contributed by atoms with Gasteiger partial charge in [0.15, 0.2) is 0 Å². The molecule has 0 saturated heterocycles. The molecule has 1 aromatic heterocycles. The van der Waals surface area contributed by atoms with Crippen molar-refractivity contribution < 1.29 is 9.59 Å². The molecule has 0 radical (unpaired) electrons. The van der Waals surface area contributed by atoms with Crippen LogP contribution >= 0.6 is 0 Å². The Hall–Kier alpha value is -2.95. The minimum Gasteiger partial charge on any atom is -0.352 e. The summed E-state index contributed by atoms with van der Waals surface area (Å²) in [6.45, 7) is 5.06. The van der Waals surface area contributed by atoms with Crippen LogP contribution in [0.4, 0.5) is 5.69 Å². The van der Waals surface area contributed by atoms with Gasteiger partial charge in [-0.05, 0) is 75.8 Å². The van der Waals surface area contributed by atoms with Gasteiger partial charge in [-0.15, -0.1) is 0 Å². The van der Waals surface area contributed by atoms with Crippen LogP contribution in [0.1, 0.15) is 65.4 Å². The van der Waals surface area contributed by atoms with Gasteiger partial charge in [0, 0.05) is 30.5 Å². The first-order chi connectivity index (χ1) is 14.1. The molecule has 29 heavy (non-hydrogen) atoms. The van der Waals surface area contributed by atoms with E-state index < -0.39 is 0 Å². The Labute approximate surface area is 172 Å². The number of aromatic nitrogens is 1. The van der Waals surface area contributed by atoms with Crippen LogP contribution in [0.15, 0.2) is 54.2 Å². The predicted molar refractivity (Wildman–Crippen MR) is 116 cm³/mol. The van der Waals surface area contributed by atoms with Crippen molar-refractivity contribution in [2.75, 3.05) is 18.0 Å². The molecule has 0 fully saturated rings. The average molecular weight is 392 g/mol. The van der Waals surface area contributed by atoms with E-state index in [0.29, 0.717) is 18.7 Å². The molecule has 0 saturated carbocycles. The van der Waals surface area contributed by atoms with Crippen LogP contribution in [0, 0.1) is 6.92 Å². The molecule has 0 aliphatic heterocycles. The van der Waals surface area contributed by atoms with Crippen molar-refractivity contribution in [2.24, 2.45) is 0 Å². The fourth-order valence-corrected chi connectivity index (χ4v) is 3.64. The van der Waals surface area contributed by atoms with E-state index in [9.17, 15) is 9.59 Å². The first kappa shape index (κ1) is 20.8. The molecule has 0 atom stereocenters. The zero-order valence-corrected chi connectivity index (χ0v) is 17.3. The lowest BCUT2D eigenvalue weighted by Crippen LogP contribution is -2.32. The maximum Gasteiger partial charge on any atom is 0.276 e. The molecule has 0 bridgehead atoms. The summed E-state index contributed by atoms with van der Waals surface area (Å²) in [4.78, 5) is 31.4. The highest BCUT2D eigenvalue weighted by molar-refractivity contribution is 6.06. The number of nitrogens with zero attached hydrogens (tertiary/aromatic N) is 2. The van der Waals surface area contributed by atoms with Gasteiger partial charge in [0.25, 0.3) is 11.8 Å². The third-order valence-electron chi connectivity index (χ3n) is 5.23. The van der Waals surface area contributed by atoms with E-state index >= 15 is 0 Å². The summed E-state index contributed by atoms with van der Waals surface area (Å²) in [5.41, 5.74) is 4.08. The Morgan fingerprint density at radius 3 is 2.76 bits per heavy atom. The van der Waals surface area contributed by atoms with Crippen molar-refractivity contribution in [1.29, 1.82) is 0 Å². The van der Waals surface area contributed by atoms with Crippen LogP contribution in [0.25, 0.3) is 0 Å². The Balaban J connectivity index is 1.66. The normalized spacial score (nSPS) is 13.5. The molecule has 0 spiro atoms. The molecule has 1 aromatic carbocycles. The summed E-state index contributed by atoms with van der Waals surface area (Å²) in [5.74, 6) is -0.378. The lowest BCUT2D eigenvalue weighted by atomic mass is 9.97. The molecule has 1 aliphatic carbocycles. The number of benzene rings is 1. The van der Waals surface area contributed by atoms with Crippen LogP contribution < -0.4 is 10.2 Å². The number of aryl methyl sites for hydroxylation is 1. The number of carbonyl (C=O) groups excluding carboxylic acids is 2. The smallest absolute Gasteiger partial charge is 0.276 e. The second kappa shape index (κ2) is 10.0. The standard InChI is InChI=1S/C24H29N3O2/c1-3-27(21-11-7-8-18(2)16-21)24(29)22-17-20(13-15-25-22)23(28)26-14-12-19-9-5-4-6-10-19/h7-9,11,13,15-17H,3-6,10,12,14H2,1-2H3,(H,26,28). The number of anilines is 1. The van der Waals surface area contributed by atoms with Crippen molar-refractivity contribution in [3.05, 3.63) is 71.1 Å². The van der Waals surface area contributed by atoms with Crippen LogP contribution in [0.5, 0.6) is 0 Å². The SMILES string of the molecule is CCN(C(=O)c1cc(C(=O)NCCC2=CCCCC2)ccn1)c1cccc(C)c1. The fraction of sp³-hybridized carbons (Fsp3) is 0.375. The zero-order chi connectivity index (χ0) is 20.6. The van der Waals surface area contributed by atoms with Gasteiger partial charge in [-0.25, -0.2) is 0 Å². The largest absolute Gasteiger partial charge is 0.352 e. The van der Waals surface area contributed by atoms with Gasteiger partial charge >= 0.3 is 0 Å². The molecular formula is C24H29N3O2. The molecule has 152 valence electrons. The summed E-state index contributed by atoms with van der Waals surface area (Å²) >= 11 is 0. The highest BCUT2D eigenvalue weighted by atomic mass is 16.2. The first-order valence-electron chi connectivity index (χ1n) is 10.4. The number of nitrogens with one attached hydrogen (secondary N) is 1. The predicted octanol–water partition coefficient (Wildman–Crippen LogP) is 4.68. The van der Waals surface area contributed by atoms with Crippen LogP contribution in [-0.2, 0) is 0 Å². The van der Waals surface area contributed by atoms with E-state index in [1.165, 1.54) is 24.6 Å². The molecule has 2 amide bonds. The molecule has 1 heterocycles. The number of rotatable bonds is 7. The van der Waals surface area contributed by atoms with Gasteiger partial charge in [0.05, 0.1) is 0 Å². The highest BCUT2D eigenvalue weighted by Crippen LogP contribution is 2.20. The number of hydrogen-bond donors (Lipinski definition) is 1. The Bertz CT molecular complexity index is 905. The van der Waals surface area contributed by atoms with Crippen molar-refractivity contribution in [3.8, 4) is 0 Å². The number of pyridine rings is 1. The lowest BCUT2D eigenvalue weighted by molar-refractivity contribution is 0.0954. The van der Waals surface area contributed by atoms with E-state index in [1.54, 1.807) is 17.0 Å². The Morgan fingerprint density at radius 2 is 2.03 bits per heavy atom. The highest BCUT2D eigenvalue weighted by Gasteiger charge is 2.19. The monoisotopic (exact) mass is 391 g/mol. The average Bonchev–Trinajstić information content (AvgIpc) is 2.75. The summed E-state index contributed by atoms with van der Waals surface area (Å²) in [6, 6.07) is 11.0. The molecule has 1 N–H and O–H groups in total. The van der Waals surface area contributed by atoms with Gasteiger partial charge in [-0.1, -0.05) is 23.8 Å². The Kier molecular flexibility index (Phi) is 7.17. The number of hydrogen-bond acceptors (Lipinski definition) is 3. The maximum absolute atomic E-state index is 13.0. The van der Waals surface area contributed by atoms with E-state index in [4.69, 9.17) is 0 Å². The Morgan fingerprint density at radius 1 is 1.17 bits per heavy atom. The molecule has 5 heteroatoms. The molecule has 5 nitrogen and oxygen atoms in total. The summed E-state index contributed by atoms with van der Waals surface area (Å²) in [5, 5.41) is 2.96. The number of amides is 2. The molecule has 3 rings (SSSR count). The fourth-order valence-electron chi connectivity index (χ4n) is 3.64. The van der Waals surface area contributed by atoms with Gasteiger partial charge in [-0.3, -0.25) is 14.6 Å². The second-order valence-corrected chi connectivity index (χ2v) is 7.43. The molecule has 2 aromatic rings. The van der Waals surface area contributed by atoms with E-state index in [-0.39, 0.29) is 17.5 Å². The van der Waals surface area contributed by atoms with Gasteiger partial charge in [0.2, 0.25) is 0 Å². The lowest BCUT2D eigenvalue weighted by Gasteiger charge is -2.21. The minimum absolute atomic E-state index is 0.170. The third-order valence-corrected chi connectivity index (χ3v) is 5.23. The number of allylic oxidation sites excluding steroid dienone is 1. The van der Waals surface area contributed by atoms with Crippen LogP contribution in [0.3, 0.4) is 0 Å². The summed E-state index contributed by atoms with van der Waals surface area (Å²) < 4.78 is 0. The van der Waals surface area contributed by atoms with Gasteiger partial charge in [0.1, 0.15) is 5.69 Å². The third kappa shape index (κ3) is 5.53. The summed E-state index contributed by atoms with van der Waals surface area (Å²) in [6.07, 6.45) is 9.49. The molecule has 1 aliphatic rings.